The van der Waals surface area contributed by atoms with E-state index in [0.29, 0.717) is 5.75 Å². The summed E-state index contributed by atoms with van der Waals surface area (Å²) in [5, 5.41) is 2.60. The number of rotatable bonds is 7. The van der Waals surface area contributed by atoms with E-state index in [1.54, 1.807) is 10.8 Å². The van der Waals surface area contributed by atoms with Gasteiger partial charge in [-0.2, -0.15) is 0 Å². The van der Waals surface area contributed by atoms with E-state index in [1.165, 1.54) is 21.9 Å². The first-order valence-electron chi connectivity index (χ1n) is 9.48. The van der Waals surface area contributed by atoms with Gasteiger partial charge >= 0.3 is 6.09 Å². The van der Waals surface area contributed by atoms with Crippen molar-refractivity contribution in [2.75, 3.05) is 12.4 Å². The minimum absolute atomic E-state index is 0.0222. The molecule has 2 aromatic carbocycles. The molecule has 0 heterocycles. The Bertz CT molecular complexity index is 850. The molecule has 7 heteroatoms. The third-order valence-corrected chi connectivity index (χ3v) is 7.87. The highest BCUT2D eigenvalue weighted by molar-refractivity contribution is 8.77. The summed E-state index contributed by atoms with van der Waals surface area (Å²) >= 11 is 0. The van der Waals surface area contributed by atoms with E-state index < -0.39 is 18.0 Å². The van der Waals surface area contributed by atoms with Gasteiger partial charge in [0.2, 0.25) is 5.91 Å². The van der Waals surface area contributed by atoms with Crippen molar-refractivity contribution in [1.29, 1.82) is 0 Å². The number of ether oxygens (including phenoxy) is 1. The van der Waals surface area contributed by atoms with E-state index >= 15 is 0 Å². The van der Waals surface area contributed by atoms with E-state index in [9.17, 15) is 9.59 Å². The predicted octanol–water partition coefficient (Wildman–Crippen LogP) is 4.56. The molecular formula is C22H26N2O3S2. The van der Waals surface area contributed by atoms with Gasteiger partial charge in [-0.05, 0) is 22.3 Å². The number of benzene rings is 2. The van der Waals surface area contributed by atoms with Gasteiger partial charge in [-0.3, -0.25) is 4.79 Å². The minimum Gasteiger partial charge on any atom is -0.449 e. The summed E-state index contributed by atoms with van der Waals surface area (Å²) in [5.74, 6) is -0.201. The first-order chi connectivity index (χ1) is 13.8. The number of carbonyl (C=O) groups is 2. The maximum atomic E-state index is 12.3. The van der Waals surface area contributed by atoms with Gasteiger partial charge in [0.15, 0.2) is 0 Å². The summed E-state index contributed by atoms with van der Waals surface area (Å²) in [6.07, 6.45) is -0.628. The Morgan fingerprint density at radius 3 is 2.14 bits per heavy atom. The molecule has 0 unspecified atom stereocenters. The van der Waals surface area contributed by atoms with Crippen molar-refractivity contribution in [1.82, 2.24) is 5.32 Å². The average molecular weight is 431 g/mol. The third kappa shape index (κ3) is 5.48. The van der Waals surface area contributed by atoms with Crippen molar-refractivity contribution in [2.45, 2.75) is 37.5 Å². The zero-order chi connectivity index (χ0) is 21.0. The van der Waals surface area contributed by atoms with Crippen LogP contribution in [0, 0.1) is 0 Å². The summed E-state index contributed by atoms with van der Waals surface area (Å²) in [7, 11) is 3.15. The third-order valence-electron chi connectivity index (χ3n) is 4.52. The lowest BCUT2D eigenvalue weighted by Gasteiger charge is -2.20. The van der Waals surface area contributed by atoms with Crippen LogP contribution >= 0.6 is 21.6 Å². The molecule has 1 aliphatic carbocycles. The van der Waals surface area contributed by atoms with Crippen molar-refractivity contribution >= 4 is 33.6 Å². The lowest BCUT2D eigenvalue weighted by molar-refractivity contribution is -0.119. The second-order valence-corrected chi connectivity index (χ2v) is 11.1. The highest BCUT2D eigenvalue weighted by Crippen LogP contribution is 2.44. The molecule has 0 aromatic heterocycles. The van der Waals surface area contributed by atoms with Crippen LogP contribution in [0.1, 0.15) is 37.8 Å². The van der Waals surface area contributed by atoms with E-state index in [1.807, 2.05) is 24.3 Å². The van der Waals surface area contributed by atoms with Gasteiger partial charge in [0.25, 0.3) is 0 Å². The van der Waals surface area contributed by atoms with Crippen molar-refractivity contribution in [3.63, 3.8) is 0 Å². The Labute approximate surface area is 179 Å². The Morgan fingerprint density at radius 2 is 1.62 bits per heavy atom. The summed E-state index contributed by atoms with van der Waals surface area (Å²) in [6.45, 7) is 6.46. The normalized spacial score (nSPS) is 14.0. The largest absolute Gasteiger partial charge is 0.449 e. The second kappa shape index (κ2) is 9.13. The van der Waals surface area contributed by atoms with Crippen molar-refractivity contribution < 1.29 is 14.3 Å². The molecule has 1 atom stereocenters. The fraction of sp³-hybridized carbons (Fsp3) is 0.364. The Morgan fingerprint density at radius 1 is 1.07 bits per heavy atom. The average Bonchev–Trinajstić information content (AvgIpc) is 2.98. The molecule has 3 N–H and O–H groups in total. The summed E-state index contributed by atoms with van der Waals surface area (Å²) in [5.41, 5.74) is 10.1. The molecule has 0 aliphatic heterocycles. The molecule has 154 valence electrons. The summed E-state index contributed by atoms with van der Waals surface area (Å²) in [4.78, 5) is 24.0. The number of carbonyl (C=O) groups excluding carboxylic acids is 2. The van der Waals surface area contributed by atoms with E-state index in [2.05, 4.69) is 50.4 Å². The Balaban J connectivity index is 1.61. The standard InChI is InChI=1S/C22H26N2O3S2/c1-22(2,3)29-28-13-19(20(23)25)24-21(26)27-12-18-16-10-6-4-8-14(16)15-9-5-7-11-17(15)18/h4-11,18-19H,12-13H2,1-3H3,(H2,23,25)(H,24,26)/t19-/m0/s1. The second-order valence-electron chi connectivity index (χ2n) is 7.91. The van der Waals surface area contributed by atoms with Gasteiger partial charge in [-0.1, -0.05) is 90.9 Å². The van der Waals surface area contributed by atoms with Gasteiger partial charge in [-0.25, -0.2) is 4.79 Å². The molecule has 0 bridgehead atoms. The van der Waals surface area contributed by atoms with Gasteiger partial charge < -0.3 is 15.8 Å². The van der Waals surface area contributed by atoms with Crippen molar-refractivity contribution in [3.05, 3.63) is 59.7 Å². The van der Waals surface area contributed by atoms with Crippen molar-refractivity contribution in [3.8, 4) is 11.1 Å². The quantitative estimate of drug-likeness (QED) is 0.630. The molecule has 0 spiro atoms. The topological polar surface area (TPSA) is 81.4 Å². The molecule has 3 rings (SSSR count). The lowest BCUT2D eigenvalue weighted by atomic mass is 9.98. The van der Waals surface area contributed by atoms with Crippen LogP contribution in [0.15, 0.2) is 48.5 Å². The molecule has 29 heavy (non-hydrogen) atoms. The highest BCUT2D eigenvalue weighted by Gasteiger charge is 2.29. The maximum absolute atomic E-state index is 12.3. The van der Waals surface area contributed by atoms with Crippen LogP contribution in [-0.2, 0) is 9.53 Å². The summed E-state index contributed by atoms with van der Waals surface area (Å²) in [6, 6.07) is 15.5. The SMILES string of the molecule is CC(C)(C)SSC[C@H](NC(=O)OCC1c2ccccc2-c2ccccc21)C(N)=O. The van der Waals surface area contributed by atoms with Crippen LogP contribution in [0.2, 0.25) is 0 Å². The molecule has 0 saturated carbocycles. The highest BCUT2D eigenvalue weighted by atomic mass is 33.1. The zero-order valence-electron chi connectivity index (χ0n) is 16.8. The lowest BCUT2D eigenvalue weighted by Crippen LogP contribution is -2.46. The number of primary amides is 1. The number of amides is 2. The monoisotopic (exact) mass is 430 g/mol. The first kappa shape index (κ1) is 21.6. The van der Waals surface area contributed by atoms with Crippen LogP contribution in [0.25, 0.3) is 11.1 Å². The van der Waals surface area contributed by atoms with E-state index in [-0.39, 0.29) is 17.3 Å². The number of hydrogen-bond donors (Lipinski definition) is 2. The molecule has 2 amide bonds. The molecule has 0 saturated heterocycles. The van der Waals surface area contributed by atoms with E-state index in [0.717, 1.165) is 11.1 Å². The zero-order valence-corrected chi connectivity index (χ0v) is 18.4. The smallest absolute Gasteiger partial charge is 0.407 e. The van der Waals surface area contributed by atoms with Gasteiger partial charge in [0.05, 0.1) is 0 Å². The number of alkyl carbamates (subject to hydrolysis) is 1. The predicted molar refractivity (Wildman–Crippen MR) is 121 cm³/mol. The van der Waals surface area contributed by atoms with Crippen LogP contribution in [-0.4, -0.2) is 35.1 Å². The molecule has 0 radical (unpaired) electrons. The maximum Gasteiger partial charge on any atom is 0.407 e. The Kier molecular flexibility index (Phi) is 6.80. The molecule has 2 aromatic rings. The number of nitrogens with two attached hydrogens (primary N) is 1. The molecule has 1 aliphatic rings. The first-order valence-corrected chi connectivity index (χ1v) is 11.8. The van der Waals surface area contributed by atoms with Crippen molar-refractivity contribution in [2.24, 2.45) is 5.73 Å². The van der Waals surface area contributed by atoms with Gasteiger partial charge in [0, 0.05) is 16.4 Å². The van der Waals surface area contributed by atoms with Crippen LogP contribution in [0.4, 0.5) is 4.79 Å². The Hall–Kier alpha value is -2.12. The molecular weight excluding hydrogens is 404 g/mol. The summed E-state index contributed by atoms with van der Waals surface area (Å²) < 4.78 is 5.55. The fourth-order valence-electron chi connectivity index (χ4n) is 3.26. The number of fused-ring (bicyclic) bond motifs is 3. The minimum atomic E-state index is -0.773. The van der Waals surface area contributed by atoms with E-state index in [4.69, 9.17) is 10.5 Å². The number of hydrogen-bond acceptors (Lipinski definition) is 5. The molecule has 5 nitrogen and oxygen atoms in total. The molecule has 0 fully saturated rings. The van der Waals surface area contributed by atoms with Crippen LogP contribution < -0.4 is 11.1 Å². The number of nitrogens with one attached hydrogen (secondary N) is 1. The van der Waals surface area contributed by atoms with Crippen LogP contribution in [0.5, 0.6) is 0 Å². The van der Waals surface area contributed by atoms with Crippen LogP contribution in [0.3, 0.4) is 0 Å². The fourth-order valence-corrected chi connectivity index (χ4v) is 5.73. The van der Waals surface area contributed by atoms with Gasteiger partial charge in [-0.15, -0.1) is 0 Å². The van der Waals surface area contributed by atoms with Gasteiger partial charge in [0.1, 0.15) is 12.6 Å².